The van der Waals surface area contributed by atoms with Gasteiger partial charge in [-0.25, -0.2) is 0 Å². The minimum absolute atomic E-state index is 0.0308. The summed E-state index contributed by atoms with van der Waals surface area (Å²) in [5.41, 5.74) is 2.26. The van der Waals surface area contributed by atoms with Crippen LogP contribution in [0.3, 0.4) is 0 Å². The quantitative estimate of drug-likeness (QED) is 0.851. The van der Waals surface area contributed by atoms with Gasteiger partial charge in [-0.1, -0.05) is 12.1 Å². The largest absolute Gasteiger partial charge is 0.483 e. The van der Waals surface area contributed by atoms with Crippen LogP contribution >= 0.6 is 0 Å². The Bertz CT molecular complexity index is 473. The molecule has 110 valence electrons. The van der Waals surface area contributed by atoms with Crippen molar-refractivity contribution in [1.29, 1.82) is 0 Å². The third kappa shape index (κ3) is 3.73. The predicted octanol–water partition coefficient (Wildman–Crippen LogP) is 2.32. The fourth-order valence-electron chi connectivity index (χ4n) is 2.33. The van der Waals surface area contributed by atoms with Crippen molar-refractivity contribution in [3.63, 3.8) is 0 Å². The zero-order chi connectivity index (χ0) is 14.5. The monoisotopic (exact) mass is 277 g/mol. The highest BCUT2D eigenvalue weighted by atomic mass is 16.5. The summed E-state index contributed by atoms with van der Waals surface area (Å²) in [7, 11) is 0. The summed E-state index contributed by atoms with van der Waals surface area (Å²) < 4.78 is 11.2. The van der Waals surface area contributed by atoms with E-state index in [0.29, 0.717) is 6.54 Å². The van der Waals surface area contributed by atoms with Gasteiger partial charge in [0.05, 0.1) is 6.10 Å². The summed E-state index contributed by atoms with van der Waals surface area (Å²) in [5, 5.41) is 0. The molecule has 0 bridgehead atoms. The molecule has 4 nitrogen and oxygen atoms in total. The third-order valence-electron chi connectivity index (χ3n) is 3.71. The molecule has 0 radical (unpaired) electrons. The number of nitrogens with zero attached hydrogens (tertiary/aromatic N) is 1. The molecule has 1 aromatic carbocycles. The molecule has 1 fully saturated rings. The molecule has 1 atom stereocenters. The van der Waals surface area contributed by atoms with Crippen LogP contribution in [0.4, 0.5) is 0 Å². The Labute approximate surface area is 120 Å². The molecule has 4 heteroatoms. The van der Waals surface area contributed by atoms with Crippen LogP contribution in [0.1, 0.15) is 24.5 Å². The van der Waals surface area contributed by atoms with E-state index in [-0.39, 0.29) is 18.6 Å². The summed E-state index contributed by atoms with van der Waals surface area (Å²) in [6, 6.07) is 5.89. The molecule has 20 heavy (non-hydrogen) atoms. The molecule has 2 rings (SSSR count). The van der Waals surface area contributed by atoms with Crippen molar-refractivity contribution in [2.45, 2.75) is 33.3 Å². The first-order valence-electron chi connectivity index (χ1n) is 7.16. The Morgan fingerprint density at radius 2 is 2.25 bits per heavy atom. The number of hydrogen-bond acceptors (Lipinski definition) is 3. The van der Waals surface area contributed by atoms with Crippen LogP contribution in [0.25, 0.3) is 0 Å². The Hall–Kier alpha value is -1.55. The van der Waals surface area contributed by atoms with Gasteiger partial charge >= 0.3 is 0 Å². The van der Waals surface area contributed by atoms with Crippen LogP contribution in [0.15, 0.2) is 18.2 Å². The highest BCUT2D eigenvalue weighted by Crippen LogP contribution is 2.20. The highest BCUT2D eigenvalue weighted by Gasteiger charge is 2.20. The Kier molecular flexibility index (Phi) is 5.01. The van der Waals surface area contributed by atoms with Crippen LogP contribution in [0.5, 0.6) is 5.75 Å². The second-order valence-electron chi connectivity index (χ2n) is 5.36. The summed E-state index contributed by atoms with van der Waals surface area (Å²) in [4.78, 5) is 14.0. The lowest BCUT2D eigenvalue weighted by molar-refractivity contribution is -0.134. The van der Waals surface area contributed by atoms with Gasteiger partial charge in [0.2, 0.25) is 0 Å². The van der Waals surface area contributed by atoms with E-state index in [1.54, 1.807) is 0 Å². The average Bonchev–Trinajstić information content (AvgIpc) is 2.65. The molecular weight excluding hydrogens is 254 g/mol. The van der Waals surface area contributed by atoms with Gasteiger partial charge in [0.25, 0.3) is 5.91 Å². The molecule has 1 heterocycles. The maximum atomic E-state index is 12.2. The molecule has 0 spiro atoms. The van der Waals surface area contributed by atoms with Gasteiger partial charge in [-0.2, -0.15) is 0 Å². The number of rotatable bonds is 3. The summed E-state index contributed by atoms with van der Waals surface area (Å²) in [6.07, 6.45) is 0.988. The minimum Gasteiger partial charge on any atom is -0.483 e. The molecule has 1 amide bonds. The highest BCUT2D eigenvalue weighted by molar-refractivity contribution is 5.77. The zero-order valence-electron chi connectivity index (χ0n) is 12.5. The average molecular weight is 277 g/mol. The van der Waals surface area contributed by atoms with Gasteiger partial charge in [-0.05, 0) is 44.4 Å². The first-order valence-corrected chi connectivity index (χ1v) is 7.16. The summed E-state index contributed by atoms with van der Waals surface area (Å²) >= 11 is 0. The van der Waals surface area contributed by atoms with Gasteiger partial charge in [0.15, 0.2) is 6.61 Å². The second kappa shape index (κ2) is 6.75. The van der Waals surface area contributed by atoms with Crippen LogP contribution in [-0.2, 0) is 9.53 Å². The van der Waals surface area contributed by atoms with Crippen molar-refractivity contribution in [1.82, 2.24) is 4.90 Å². The number of benzene rings is 1. The van der Waals surface area contributed by atoms with Crippen molar-refractivity contribution in [2.24, 2.45) is 0 Å². The second-order valence-corrected chi connectivity index (χ2v) is 5.36. The predicted molar refractivity (Wildman–Crippen MR) is 78.0 cm³/mol. The smallest absolute Gasteiger partial charge is 0.260 e. The molecule has 0 aliphatic carbocycles. The van der Waals surface area contributed by atoms with Crippen molar-refractivity contribution < 1.29 is 14.3 Å². The maximum absolute atomic E-state index is 12.2. The van der Waals surface area contributed by atoms with Crippen molar-refractivity contribution in [3.05, 3.63) is 29.3 Å². The number of hydrogen-bond donors (Lipinski definition) is 0. The number of ether oxygens (including phenoxy) is 2. The van der Waals surface area contributed by atoms with Crippen LogP contribution in [0.2, 0.25) is 0 Å². The van der Waals surface area contributed by atoms with Gasteiger partial charge in [-0.3, -0.25) is 4.79 Å². The number of carbonyl (C=O) groups is 1. The Morgan fingerprint density at radius 1 is 1.45 bits per heavy atom. The number of amides is 1. The molecule has 0 unspecified atom stereocenters. The van der Waals surface area contributed by atoms with Gasteiger partial charge in [0, 0.05) is 19.7 Å². The fraction of sp³-hybridized carbons (Fsp3) is 0.562. The number of carbonyl (C=O) groups excluding carboxylic acids is 1. The maximum Gasteiger partial charge on any atom is 0.260 e. The van der Waals surface area contributed by atoms with Gasteiger partial charge in [-0.15, -0.1) is 0 Å². The summed E-state index contributed by atoms with van der Waals surface area (Å²) in [6.45, 7) is 8.26. The molecule has 0 aromatic heterocycles. The lowest BCUT2D eigenvalue weighted by Gasteiger charge is -2.22. The van der Waals surface area contributed by atoms with Crippen LogP contribution in [-0.4, -0.2) is 43.2 Å². The molecule has 1 aromatic rings. The van der Waals surface area contributed by atoms with E-state index < -0.39 is 0 Å². The molecule has 1 saturated heterocycles. The van der Waals surface area contributed by atoms with E-state index in [9.17, 15) is 4.79 Å². The lowest BCUT2D eigenvalue weighted by Crippen LogP contribution is -2.38. The Morgan fingerprint density at radius 3 is 3.05 bits per heavy atom. The lowest BCUT2D eigenvalue weighted by atomic mass is 10.1. The third-order valence-corrected chi connectivity index (χ3v) is 3.71. The molecular formula is C16H23NO3. The van der Waals surface area contributed by atoms with E-state index >= 15 is 0 Å². The topological polar surface area (TPSA) is 38.8 Å². The minimum atomic E-state index is 0.0308. The number of aryl methyl sites for hydroxylation is 1. The van der Waals surface area contributed by atoms with Gasteiger partial charge in [0.1, 0.15) is 5.75 Å². The van der Waals surface area contributed by atoms with E-state index in [0.717, 1.165) is 30.9 Å². The molecule has 1 aliphatic heterocycles. The zero-order valence-corrected chi connectivity index (χ0v) is 12.5. The fourth-order valence-corrected chi connectivity index (χ4v) is 2.33. The molecule has 0 saturated carbocycles. The first kappa shape index (κ1) is 14.9. The standard InChI is InChI=1S/C16H23NO3/c1-12-6-4-7-15(14(12)3)20-11-16(18)17-8-5-9-19-13(2)10-17/h4,6-7,13H,5,8-11H2,1-3H3/t13-/m1/s1. The van der Waals surface area contributed by atoms with E-state index in [1.807, 2.05) is 43.9 Å². The SMILES string of the molecule is Cc1cccc(OCC(=O)N2CCCO[C@H](C)C2)c1C. The molecule has 0 N–H and O–H groups in total. The normalized spacial score (nSPS) is 19.6. The van der Waals surface area contributed by atoms with Gasteiger partial charge < -0.3 is 14.4 Å². The van der Waals surface area contributed by atoms with Crippen LogP contribution in [0, 0.1) is 13.8 Å². The van der Waals surface area contributed by atoms with E-state index in [4.69, 9.17) is 9.47 Å². The summed E-state index contributed by atoms with van der Waals surface area (Å²) in [5.74, 6) is 0.820. The van der Waals surface area contributed by atoms with E-state index in [1.165, 1.54) is 5.56 Å². The van der Waals surface area contributed by atoms with E-state index in [2.05, 4.69) is 0 Å². The van der Waals surface area contributed by atoms with Crippen molar-refractivity contribution in [2.75, 3.05) is 26.3 Å². The van der Waals surface area contributed by atoms with Crippen molar-refractivity contribution >= 4 is 5.91 Å². The van der Waals surface area contributed by atoms with Crippen LogP contribution < -0.4 is 4.74 Å². The molecule has 1 aliphatic rings. The Balaban J connectivity index is 1.92. The van der Waals surface area contributed by atoms with Crippen molar-refractivity contribution in [3.8, 4) is 5.75 Å². The first-order chi connectivity index (χ1) is 9.58.